The van der Waals surface area contributed by atoms with Gasteiger partial charge in [-0.25, -0.2) is 0 Å². The Hall–Kier alpha value is -2.79. The van der Waals surface area contributed by atoms with Gasteiger partial charge in [-0.2, -0.15) is 0 Å². The first-order chi connectivity index (χ1) is 12.4. The molecule has 3 aromatic rings. The van der Waals surface area contributed by atoms with Gasteiger partial charge in [0.1, 0.15) is 18.1 Å². The number of hydrogen-bond donors (Lipinski definition) is 1. The minimum atomic E-state index is -0.366. The van der Waals surface area contributed by atoms with Crippen LogP contribution in [0, 0.1) is 20.8 Å². The molecule has 26 heavy (non-hydrogen) atoms. The first-order valence-electron chi connectivity index (χ1n) is 8.16. The van der Waals surface area contributed by atoms with Crippen molar-refractivity contribution in [3.8, 4) is 5.75 Å². The number of nitrogens with one attached hydrogen (secondary N) is 1. The molecule has 0 fully saturated rings. The number of carbonyl (C=O) groups is 1. The van der Waals surface area contributed by atoms with E-state index in [9.17, 15) is 4.79 Å². The molecule has 134 valence electrons. The fourth-order valence-electron chi connectivity index (χ4n) is 2.51. The maximum atomic E-state index is 12.6. The van der Waals surface area contributed by atoms with Gasteiger partial charge in [0.15, 0.2) is 5.69 Å². The van der Waals surface area contributed by atoms with E-state index in [4.69, 9.17) is 20.9 Å². The van der Waals surface area contributed by atoms with E-state index in [1.807, 2.05) is 44.2 Å². The van der Waals surface area contributed by atoms with E-state index in [2.05, 4.69) is 10.5 Å². The van der Waals surface area contributed by atoms with Crippen molar-refractivity contribution in [2.75, 3.05) is 5.32 Å². The lowest BCUT2D eigenvalue weighted by atomic mass is 10.1. The van der Waals surface area contributed by atoms with Gasteiger partial charge in [-0.05, 0) is 56.2 Å². The number of carbonyl (C=O) groups excluding carboxylic acids is 1. The number of ether oxygens (including phenoxy) is 1. The van der Waals surface area contributed by atoms with Gasteiger partial charge in [-0.3, -0.25) is 4.79 Å². The lowest BCUT2D eigenvalue weighted by Gasteiger charge is -2.09. The second-order valence-electron chi connectivity index (χ2n) is 6.08. The van der Waals surface area contributed by atoms with Gasteiger partial charge in [-0.1, -0.05) is 35.0 Å². The Labute approximate surface area is 156 Å². The second kappa shape index (κ2) is 7.62. The van der Waals surface area contributed by atoms with Crippen LogP contribution in [0.3, 0.4) is 0 Å². The van der Waals surface area contributed by atoms with E-state index < -0.39 is 0 Å². The summed E-state index contributed by atoms with van der Waals surface area (Å²) < 4.78 is 11.0. The minimum absolute atomic E-state index is 0.191. The normalized spacial score (nSPS) is 10.6. The molecule has 5 nitrogen and oxygen atoms in total. The molecule has 1 N–H and O–H groups in total. The first kappa shape index (κ1) is 18.0. The molecule has 3 rings (SSSR count). The van der Waals surface area contributed by atoms with E-state index in [0.29, 0.717) is 22.0 Å². The zero-order chi connectivity index (χ0) is 18.7. The molecule has 0 spiro atoms. The topological polar surface area (TPSA) is 64.4 Å². The molecule has 1 amide bonds. The van der Waals surface area contributed by atoms with Crippen LogP contribution in [0.4, 0.5) is 5.69 Å². The molecule has 6 heteroatoms. The van der Waals surface area contributed by atoms with Gasteiger partial charge in [0.05, 0.1) is 5.56 Å². The summed E-state index contributed by atoms with van der Waals surface area (Å²) in [6, 6.07) is 13.0. The van der Waals surface area contributed by atoms with Crippen molar-refractivity contribution in [2.24, 2.45) is 0 Å². The Morgan fingerprint density at radius 3 is 2.77 bits per heavy atom. The Bertz CT molecular complexity index is 950. The molecule has 0 aliphatic carbocycles. The van der Waals surface area contributed by atoms with E-state index >= 15 is 0 Å². The molecular weight excluding hydrogens is 352 g/mol. The van der Waals surface area contributed by atoms with Crippen LogP contribution in [0.25, 0.3) is 0 Å². The molecular formula is C20H19ClN2O3. The number of aromatic nitrogens is 1. The summed E-state index contributed by atoms with van der Waals surface area (Å²) in [7, 11) is 0. The Kier molecular flexibility index (Phi) is 5.28. The van der Waals surface area contributed by atoms with E-state index in [1.165, 1.54) is 0 Å². The summed E-state index contributed by atoms with van der Waals surface area (Å²) in [4.78, 5) is 12.6. The molecule has 0 saturated heterocycles. The average Bonchev–Trinajstić information content (AvgIpc) is 2.97. The number of halogens is 1. The summed E-state index contributed by atoms with van der Waals surface area (Å²) in [5.41, 5.74) is 3.45. The maximum absolute atomic E-state index is 12.6. The average molecular weight is 371 g/mol. The highest BCUT2D eigenvalue weighted by atomic mass is 35.5. The summed E-state index contributed by atoms with van der Waals surface area (Å²) in [6.07, 6.45) is 0. The number of rotatable bonds is 5. The van der Waals surface area contributed by atoms with Crippen LogP contribution < -0.4 is 10.1 Å². The van der Waals surface area contributed by atoms with Crippen LogP contribution in [0.15, 0.2) is 47.0 Å². The highest BCUT2D eigenvalue weighted by molar-refractivity contribution is 6.31. The third kappa shape index (κ3) is 4.06. The smallest absolute Gasteiger partial charge is 0.278 e. The lowest BCUT2D eigenvalue weighted by molar-refractivity contribution is 0.101. The third-order valence-electron chi connectivity index (χ3n) is 4.02. The van der Waals surface area contributed by atoms with E-state index in [0.717, 1.165) is 16.9 Å². The number of aryl methyl sites for hydroxylation is 3. The second-order valence-corrected chi connectivity index (χ2v) is 6.52. The molecule has 0 unspecified atom stereocenters. The van der Waals surface area contributed by atoms with Gasteiger partial charge in [0.25, 0.3) is 5.91 Å². The van der Waals surface area contributed by atoms with E-state index in [-0.39, 0.29) is 18.2 Å². The van der Waals surface area contributed by atoms with Crippen molar-refractivity contribution in [1.82, 2.24) is 5.16 Å². The Balaban J connectivity index is 1.78. The predicted octanol–water partition coefficient (Wildman–Crippen LogP) is 5.08. The van der Waals surface area contributed by atoms with Crippen LogP contribution in [-0.4, -0.2) is 11.1 Å². The number of hydrogen-bond acceptors (Lipinski definition) is 4. The van der Waals surface area contributed by atoms with Crippen molar-refractivity contribution in [1.29, 1.82) is 0 Å². The van der Waals surface area contributed by atoms with Gasteiger partial charge >= 0.3 is 0 Å². The zero-order valence-corrected chi connectivity index (χ0v) is 15.6. The van der Waals surface area contributed by atoms with Crippen molar-refractivity contribution in [2.45, 2.75) is 27.4 Å². The molecule has 0 bridgehead atoms. The number of amides is 1. The molecule has 0 atom stereocenters. The molecule has 0 saturated carbocycles. The first-order valence-corrected chi connectivity index (χ1v) is 8.54. The Morgan fingerprint density at radius 2 is 2.00 bits per heavy atom. The van der Waals surface area contributed by atoms with E-state index in [1.54, 1.807) is 19.1 Å². The predicted molar refractivity (Wildman–Crippen MR) is 101 cm³/mol. The summed E-state index contributed by atoms with van der Waals surface area (Å²) >= 11 is 6.01. The van der Waals surface area contributed by atoms with Crippen LogP contribution in [0.1, 0.15) is 32.9 Å². The largest absolute Gasteiger partial charge is 0.489 e. The molecule has 1 heterocycles. The fourth-order valence-corrected chi connectivity index (χ4v) is 2.68. The maximum Gasteiger partial charge on any atom is 0.278 e. The summed E-state index contributed by atoms with van der Waals surface area (Å²) in [5, 5.41) is 7.27. The van der Waals surface area contributed by atoms with Crippen molar-refractivity contribution in [3.63, 3.8) is 0 Å². The zero-order valence-electron chi connectivity index (χ0n) is 14.8. The van der Waals surface area contributed by atoms with Crippen LogP contribution in [0.5, 0.6) is 5.75 Å². The minimum Gasteiger partial charge on any atom is -0.489 e. The highest BCUT2D eigenvalue weighted by Crippen LogP contribution is 2.23. The fraction of sp³-hybridized carbons (Fsp3) is 0.200. The van der Waals surface area contributed by atoms with Crippen molar-refractivity contribution in [3.05, 3.63) is 75.6 Å². The Morgan fingerprint density at radius 1 is 1.19 bits per heavy atom. The molecule has 2 aromatic carbocycles. The van der Waals surface area contributed by atoms with Crippen LogP contribution >= 0.6 is 11.6 Å². The molecule has 0 aliphatic heterocycles. The summed E-state index contributed by atoms with van der Waals surface area (Å²) in [6.45, 7) is 5.82. The molecule has 0 aliphatic rings. The SMILES string of the molecule is Cc1cccc(OCc2c(C(=O)Nc3cc(Cl)ccc3C)noc2C)c1. The van der Waals surface area contributed by atoms with Crippen molar-refractivity contribution >= 4 is 23.2 Å². The summed E-state index contributed by atoms with van der Waals surface area (Å²) in [5.74, 6) is 0.906. The highest BCUT2D eigenvalue weighted by Gasteiger charge is 2.21. The monoisotopic (exact) mass is 370 g/mol. The van der Waals surface area contributed by atoms with Gasteiger partial charge < -0.3 is 14.6 Å². The van der Waals surface area contributed by atoms with Gasteiger partial charge in [-0.15, -0.1) is 0 Å². The third-order valence-corrected chi connectivity index (χ3v) is 4.26. The quantitative estimate of drug-likeness (QED) is 0.679. The van der Waals surface area contributed by atoms with Gasteiger partial charge in [0.2, 0.25) is 0 Å². The van der Waals surface area contributed by atoms with Crippen LogP contribution in [0.2, 0.25) is 5.02 Å². The van der Waals surface area contributed by atoms with Crippen LogP contribution in [-0.2, 0) is 6.61 Å². The van der Waals surface area contributed by atoms with Gasteiger partial charge in [0, 0.05) is 10.7 Å². The molecule has 1 aromatic heterocycles. The molecule has 0 radical (unpaired) electrons. The van der Waals surface area contributed by atoms with Crippen molar-refractivity contribution < 1.29 is 14.1 Å². The number of benzene rings is 2. The number of anilines is 1. The standard InChI is InChI=1S/C20H19ClN2O3/c1-12-5-4-6-16(9-12)25-11-17-14(3)26-23-19(17)20(24)22-18-10-15(21)8-7-13(18)2/h4-10H,11H2,1-3H3,(H,22,24). The lowest BCUT2D eigenvalue weighted by Crippen LogP contribution is -2.16. The number of nitrogens with zero attached hydrogens (tertiary/aromatic N) is 1.